The molecule has 0 aliphatic rings. The number of benzene rings is 1. The molecule has 0 aliphatic carbocycles. The fraction of sp³-hybridized carbons (Fsp3) is 0.455. The molecule has 0 spiro atoms. The van der Waals surface area contributed by atoms with Crippen LogP contribution >= 0.6 is 15.9 Å². The topological polar surface area (TPSA) is 0 Å². The molecule has 0 aliphatic heterocycles. The predicted molar refractivity (Wildman–Crippen MR) is 58.5 cm³/mol. The normalized spacial score (nSPS) is 12.9. The molecule has 0 saturated carbocycles. The first kappa shape index (κ1) is 15.3. The van der Waals surface area contributed by atoms with Crippen LogP contribution in [0.1, 0.15) is 29.2 Å². The van der Waals surface area contributed by atoms with Gasteiger partial charge in [-0.05, 0) is 29.7 Å². The Kier molecular flexibility index (Phi) is 4.35. The first-order valence-corrected chi connectivity index (χ1v) is 6.10. The Morgan fingerprint density at radius 2 is 1.28 bits per heavy atom. The van der Waals surface area contributed by atoms with Gasteiger partial charge in [0.2, 0.25) is 0 Å². The van der Waals surface area contributed by atoms with Gasteiger partial charge in [-0.3, -0.25) is 0 Å². The summed E-state index contributed by atoms with van der Waals surface area (Å²) < 4.78 is 76.1. The van der Waals surface area contributed by atoms with Crippen LogP contribution in [0.25, 0.3) is 0 Å². The Hall–Kier alpha value is -0.720. The molecule has 0 saturated heterocycles. The van der Waals surface area contributed by atoms with E-state index in [4.69, 9.17) is 0 Å². The third kappa shape index (κ3) is 2.99. The minimum absolute atomic E-state index is 0.111. The lowest BCUT2D eigenvalue weighted by molar-refractivity contribution is -0.142. The molecule has 0 unspecified atom stereocenters. The molecule has 0 bridgehead atoms. The van der Waals surface area contributed by atoms with Gasteiger partial charge in [0.15, 0.2) is 0 Å². The molecule has 0 nitrogen and oxygen atoms in total. The maximum atomic E-state index is 12.7. The van der Waals surface area contributed by atoms with Crippen molar-refractivity contribution in [1.82, 2.24) is 0 Å². The zero-order valence-electron chi connectivity index (χ0n) is 9.21. The van der Waals surface area contributed by atoms with Crippen LogP contribution in [0, 0.1) is 0 Å². The summed E-state index contributed by atoms with van der Waals surface area (Å²) in [6.07, 6.45) is -9.41. The summed E-state index contributed by atoms with van der Waals surface area (Å²) in [5.74, 6) is 0. The molecule has 1 aromatic carbocycles. The van der Waals surface area contributed by atoms with Crippen molar-refractivity contribution >= 4 is 15.9 Å². The lowest BCUT2D eigenvalue weighted by Gasteiger charge is -2.19. The Morgan fingerprint density at radius 1 is 0.889 bits per heavy atom. The summed E-state index contributed by atoms with van der Waals surface area (Å²) in [5.41, 5.74) is -2.69. The fourth-order valence-electron chi connectivity index (χ4n) is 1.78. The second-order valence-electron chi connectivity index (χ2n) is 3.60. The number of rotatable bonds is 2. The van der Waals surface area contributed by atoms with Crippen molar-refractivity contribution < 1.29 is 26.3 Å². The Labute approximate surface area is 108 Å². The van der Waals surface area contributed by atoms with Crippen LogP contribution in [0.3, 0.4) is 0 Å². The molecule has 0 amide bonds. The smallest absolute Gasteiger partial charge is 0.166 e. The molecule has 0 aromatic heterocycles. The Balaban J connectivity index is 3.57. The van der Waals surface area contributed by atoms with Gasteiger partial charge in [0.25, 0.3) is 0 Å². The van der Waals surface area contributed by atoms with E-state index in [1.807, 2.05) is 0 Å². The third-order valence-electron chi connectivity index (χ3n) is 2.53. The van der Waals surface area contributed by atoms with Crippen molar-refractivity contribution in [3.63, 3.8) is 0 Å². The van der Waals surface area contributed by atoms with Gasteiger partial charge in [0.1, 0.15) is 0 Å². The number of hydrogen-bond acceptors (Lipinski definition) is 0. The highest BCUT2D eigenvalue weighted by molar-refractivity contribution is 9.08. The first-order valence-electron chi connectivity index (χ1n) is 4.98. The zero-order chi connectivity index (χ0) is 14.1. The maximum absolute atomic E-state index is 12.7. The largest absolute Gasteiger partial charge is 0.416 e. The van der Waals surface area contributed by atoms with E-state index in [1.165, 1.54) is 6.92 Å². The van der Waals surface area contributed by atoms with Crippen LogP contribution in [0.5, 0.6) is 0 Å². The average molecular weight is 335 g/mol. The van der Waals surface area contributed by atoms with E-state index in [1.54, 1.807) is 0 Å². The molecule has 0 atom stereocenters. The highest BCUT2D eigenvalue weighted by Gasteiger charge is 2.39. The summed E-state index contributed by atoms with van der Waals surface area (Å²) in [6.45, 7) is 1.40. The van der Waals surface area contributed by atoms with E-state index in [2.05, 4.69) is 15.9 Å². The highest BCUT2D eigenvalue weighted by Crippen LogP contribution is 2.40. The molecule has 102 valence electrons. The van der Waals surface area contributed by atoms with Gasteiger partial charge in [-0.15, -0.1) is 0 Å². The Bertz CT molecular complexity index is 391. The number of alkyl halides is 7. The minimum Gasteiger partial charge on any atom is -0.166 e. The second kappa shape index (κ2) is 5.11. The lowest BCUT2D eigenvalue weighted by Crippen LogP contribution is -2.16. The summed E-state index contributed by atoms with van der Waals surface area (Å²) in [4.78, 5) is 0. The van der Waals surface area contributed by atoms with Crippen molar-refractivity contribution in [2.75, 3.05) is 0 Å². The molecular formula is C11H9BrF6. The van der Waals surface area contributed by atoms with E-state index in [0.717, 1.165) is 0 Å². The van der Waals surface area contributed by atoms with Crippen LogP contribution in [0.4, 0.5) is 26.3 Å². The number of halogens is 7. The van der Waals surface area contributed by atoms with E-state index in [0.29, 0.717) is 12.1 Å². The summed E-state index contributed by atoms with van der Waals surface area (Å²) in [5, 5.41) is -0.269. The van der Waals surface area contributed by atoms with Crippen LogP contribution < -0.4 is 0 Å². The van der Waals surface area contributed by atoms with Crippen molar-refractivity contribution in [3.8, 4) is 0 Å². The summed E-state index contributed by atoms with van der Waals surface area (Å²) >= 11 is 2.83. The standard InChI is InChI=1S/C11H9BrF6/c1-2-6-7(5-12)9(11(16,17)18)4-3-8(6)10(13,14)15/h3-4H,2,5H2,1H3. The first-order chi connectivity index (χ1) is 8.12. The molecule has 0 radical (unpaired) electrons. The van der Waals surface area contributed by atoms with Gasteiger partial charge in [0, 0.05) is 5.33 Å². The predicted octanol–water partition coefficient (Wildman–Crippen LogP) is 5.18. The molecule has 1 aromatic rings. The van der Waals surface area contributed by atoms with Gasteiger partial charge in [-0.2, -0.15) is 26.3 Å². The Morgan fingerprint density at radius 3 is 1.56 bits per heavy atom. The van der Waals surface area contributed by atoms with E-state index >= 15 is 0 Å². The second-order valence-corrected chi connectivity index (χ2v) is 4.16. The molecule has 7 heteroatoms. The van der Waals surface area contributed by atoms with E-state index in [9.17, 15) is 26.3 Å². The zero-order valence-corrected chi connectivity index (χ0v) is 10.8. The quantitative estimate of drug-likeness (QED) is 0.516. The fourth-order valence-corrected chi connectivity index (χ4v) is 2.42. The molecule has 0 fully saturated rings. The SMILES string of the molecule is CCc1c(C(F)(F)F)ccc(C(F)(F)F)c1CBr. The van der Waals surface area contributed by atoms with Gasteiger partial charge >= 0.3 is 12.4 Å². The highest BCUT2D eigenvalue weighted by atomic mass is 79.9. The third-order valence-corrected chi connectivity index (χ3v) is 3.09. The van der Waals surface area contributed by atoms with E-state index < -0.39 is 23.5 Å². The molecular weight excluding hydrogens is 326 g/mol. The van der Waals surface area contributed by atoms with Crippen molar-refractivity contribution in [3.05, 3.63) is 34.4 Å². The lowest BCUT2D eigenvalue weighted by atomic mass is 9.94. The van der Waals surface area contributed by atoms with Crippen LogP contribution in [0.2, 0.25) is 0 Å². The van der Waals surface area contributed by atoms with Gasteiger partial charge in [0.05, 0.1) is 11.1 Å². The van der Waals surface area contributed by atoms with Gasteiger partial charge in [-0.1, -0.05) is 22.9 Å². The minimum atomic E-state index is -4.66. The van der Waals surface area contributed by atoms with E-state index in [-0.39, 0.29) is 22.9 Å². The van der Waals surface area contributed by atoms with Gasteiger partial charge < -0.3 is 0 Å². The molecule has 1 rings (SSSR count). The maximum Gasteiger partial charge on any atom is 0.416 e. The van der Waals surface area contributed by atoms with Crippen LogP contribution in [-0.2, 0) is 24.1 Å². The monoisotopic (exact) mass is 334 g/mol. The van der Waals surface area contributed by atoms with Crippen LogP contribution in [0.15, 0.2) is 12.1 Å². The number of hydrogen-bond donors (Lipinski definition) is 0. The van der Waals surface area contributed by atoms with Crippen molar-refractivity contribution in [2.24, 2.45) is 0 Å². The molecule has 18 heavy (non-hydrogen) atoms. The van der Waals surface area contributed by atoms with Crippen LogP contribution in [-0.4, -0.2) is 0 Å². The molecule has 0 heterocycles. The summed E-state index contributed by atoms with van der Waals surface area (Å²) in [6, 6.07) is 0.979. The van der Waals surface area contributed by atoms with Crippen molar-refractivity contribution in [1.29, 1.82) is 0 Å². The average Bonchev–Trinajstić information content (AvgIpc) is 2.24. The summed E-state index contributed by atoms with van der Waals surface area (Å²) in [7, 11) is 0. The molecule has 0 N–H and O–H groups in total. The van der Waals surface area contributed by atoms with Crippen molar-refractivity contribution in [2.45, 2.75) is 31.0 Å². The van der Waals surface area contributed by atoms with Gasteiger partial charge in [-0.25, -0.2) is 0 Å².